The molecule has 4 rings (SSSR count). The van der Waals surface area contributed by atoms with Crippen LogP contribution in [0.1, 0.15) is 16.4 Å². The summed E-state index contributed by atoms with van der Waals surface area (Å²) >= 11 is 3.24. The fourth-order valence-corrected chi connectivity index (χ4v) is 3.54. The third-order valence-electron chi connectivity index (χ3n) is 4.69. The van der Waals surface area contributed by atoms with E-state index in [2.05, 4.69) is 38.5 Å². The molecule has 3 aromatic rings. The van der Waals surface area contributed by atoms with Crippen molar-refractivity contribution in [1.82, 2.24) is 19.4 Å². The number of imidazole rings is 1. The number of benzene rings is 1. The van der Waals surface area contributed by atoms with E-state index in [1.54, 1.807) is 12.1 Å². The number of nitrogens with zero attached hydrogens (tertiary/aromatic N) is 4. The molecule has 1 aliphatic heterocycles. The lowest BCUT2D eigenvalue weighted by molar-refractivity contribution is 0.0592. The van der Waals surface area contributed by atoms with E-state index in [1.165, 1.54) is 0 Å². The van der Waals surface area contributed by atoms with E-state index < -0.39 is 0 Å². The van der Waals surface area contributed by atoms with Gasteiger partial charge in [-0.1, -0.05) is 12.1 Å². The monoisotopic (exact) mass is 402 g/mol. The fraction of sp³-hybridized carbons (Fsp3) is 0.333. The van der Waals surface area contributed by atoms with Crippen LogP contribution in [0.15, 0.2) is 45.5 Å². The quantitative estimate of drug-likeness (QED) is 0.675. The molecular weight excluding hydrogens is 384 g/mol. The van der Waals surface area contributed by atoms with Gasteiger partial charge in [-0.25, -0.2) is 4.98 Å². The van der Waals surface area contributed by atoms with Gasteiger partial charge in [0.25, 0.3) is 5.91 Å². The summed E-state index contributed by atoms with van der Waals surface area (Å²) in [6.45, 7) is 3.84. The van der Waals surface area contributed by atoms with E-state index in [-0.39, 0.29) is 5.91 Å². The number of para-hydroxylation sites is 2. The van der Waals surface area contributed by atoms with Crippen LogP contribution in [0.4, 0.5) is 0 Å². The normalized spacial score (nSPS) is 15.8. The van der Waals surface area contributed by atoms with Gasteiger partial charge >= 0.3 is 0 Å². The Bertz CT molecular complexity index is 909. The summed E-state index contributed by atoms with van der Waals surface area (Å²) in [5, 5.41) is 0. The molecule has 130 valence electrons. The first-order valence-corrected chi connectivity index (χ1v) is 9.08. The second kappa shape index (κ2) is 6.65. The average molecular weight is 403 g/mol. The maximum absolute atomic E-state index is 12.4. The Hall–Kier alpha value is -2.12. The molecule has 7 heteroatoms. The number of hydrogen-bond donors (Lipinski definition) is 0. The van der Waals surface area contributed by atoms with Crippen LogP contribution in [0.3, 0.4) is 0 Å². The van der Waals surface area contributed by atoms with Crippen molar-refractivity contribution in [2.24, 2.45) is 7.05 Å². The number of carbonyl (C=O) groups excluding carboxylic acids is 1. The Balaban J connectivity index is 1.40. The second-order valence-corrected chi connectivity index (χ2v) is 7.03. The van der Waals surface area contributed by atoms with Gasteiger partial charge in [0, 0.05) is 33.2 Å². The number of fused-ring (bicyclic) bond motifs is 1. The van der Waals surface area contributed by atoms with E-state index in [4.69, 9.17) is 9.40 Å². The van der Waals surface area contributed by atoms with Gasteiger partial charge in [0.1, 0.15) is 5.82 Å². The van der Waals surface area contributed by atoms with Crippen molar-refractivity contribution in [2.75, 3.05) is 26.2 Å². The number of piperazine rings is 1. The van der Waals surface area contributed by atoms with Crippen LogP contribution in [0, 0.1) is 0 Å². The molecule has 1 fully saturated rings. The highest BCUT2D eigenvalue weighted by atomic mass is 79.9. The summed E-state index contributed by atoms with van der Waals surface area (Å²) in [6.07, 6.45) is 0. The smallest absolute Gasteiger partial charge is 0.289 e. The molecule has 25 heavy (non-hydrogen) atoms. The van der Waals surface area contributed by atoms with Crippen LogP contribution >= 0.6 is 15.9 Å². The SMILES string of the molecule is Cn1c(CN2CCN(C(=O)c3ccc(Br)o3)CC2)nc2ccccc21. The number of furan rings is 1. The Morgan fingerprint density at radius 3 is 2.60 bits per heavy atom. The zero-order chi connectivity index (χ0) is 17.4. The number of rotatable bonds is 3. The molecule has 0 atom stereocenters. The topological polar surface area (TPSA) is 54.5 Å². The summed E-state index contributed by atoms with van der Waals surface area (Å²) in [4.78, 5) is 21.3. The molecule has 2 aromatic heterocycles. The standard InChI is InChI=1S/C18H19BrN4O2/c1-21-14-5-3-2-4-13(14)20-17(21)12-22-8-10-23(11-9-22)18(24)15-6-7-16(19)25-15/h2-7H,8-12H2,1H3. The van der Waals surface area contributed by atoms with Gasteiger partial charge in [-0.2, -0.15) is 0 Å². The first-order valence-electron chi connectivity index (χ1n) is 8.29. The predicted molar refractivity (Wildman–Crippen MR) is 98.3 cm³/mol. The Labute approximate surface area is 154 Å². The van der Waals surface area contributed by atoms with E-state index >= 15 is 0 Å². The predicted octanol–water partition coefficient (Wildman–Crippen LogP) is 2.89. The minimum Gasteiger partial charge on any atom is -0.444 e. The van der Waals surface area contributed by atoms with Crippen LogP contribution in [-0.4, -0.2) is 51.4 Å². The lowest BCUT2D eigenvalue weighted by Crippen LogP contribution is -2.48. The Morgan fingerprint density at radius 2 is 1.92 bits per heavy atom. The molecule has 0 unspecified atom stereocenters. The summed E-state index contributed by atoms with van der Waals surface area (Å²) in [5.41, 5.74) is 2.17. The largest absolute Gasteiger partial charge is 0.444 e. The molecule has 0 N–H and O–H groups in total. The number of aryl methyl sites for hydroxylation is 1. The third-order valence-corrected chi connectivity index (χ3v) is 5.11. The van der Waals surface area contributed by atoms with Crippen molar-refractivity contribution in [3.63, 3.8) is 0 Å². The first kappa shape index (κ1) is 16.4. The zero-order valence-electron chi connectivity index (χ0n) is 14.0. The molecule has 0 saturated carbocycles. The van der Waals surface area contributed by atoms with Crippen LogP contribution in [-0.2, 0) is 13.6 Å². The fourth-order valence-electron chi connectivity index (χ4n) is 3.23. The van der Waals surface area contributed by atoms with Gasteiger partial charge < -0.3 is 13.9 Å². The minimum atomic E-state index is -0.0481. The highest BCUT2D eigenvalue weighted by Crippen LogP contribution is 2.18. The Kier molecular flexibility index (Phi) is 4.35. The van der Waals surface area contributed by atoms with Crippen molar-refractivity contribution in [1.29, 1.82) is 0 Å². The van der Waals surface area contributed by atoms with Gasteiger partial charge in [-0.3, -0.25) is 9.69 Å². The molecule has 0 aliphatic carbocycles. The van der Waals surface area contributed by atoms with E-state index in [0.29, 0.717) is 23.5 Å². The molecule has 1 amide bonds. The van der Waals surface area contributed by atoms with Crippen molar-refractivity contribution in [3.05, 3.63) is 52.7 Å². The maximum atomic E-state index is 12.4. The number of hydrogen-bond acceptors (Lipinski definition) is 4. The summed E-state index contributed by atoms with van der Waals surface area (Å²) in [5.74, 6) is 1.39. The van der Waals surface area contributed by atoms with Gasteiger partial charge in [0.05, 0.1) is 17.6 Å². The highest BCUT2D eigenvalue weighted by molar-refractivity contribution is 9.10. The molecule has 6 nitrogen and oxygen atoms in total. The molecule has 1 saturated heterocycles. The number of halogens is 1. The van der Waals surface area contributed by atoms with Crippen molar-refractivity contribution in [2.45, 2.75) is 6.54 Å². The highest BCUT2D eigenvalue weighted by Gasteiger charge is 2.25. The molecule has 0 bridgehead atoms. The zero-order valence-corrected chi connectivity index (χ0v) is 15.6. The molecular formula is C18H19BrN4O2. The Morgan fingerprint density at radius 1 is 1.16 bits per heavy atom. The van der Waals surface area contributed by atoms with Crippen LogP contribution in [0.2, 0.25) is 0 Å². The molecule has 1 aromatic carbocycles. The van der Waals surface area contributed by atoms with Gasteiger partial charge in [0.2, 0.25) is 0 Å². The lowest BCUT2D eigenvalue weighted by atomic mass is 10.3. The average Bonchev–Trinajstić information content (AvgIpc) is 3.20. The number of aromatic nitrogens is 2. The van der Waals surface area contributed by atoms with Crippen molar-refractivity contribution < 1.29 is 9.21 Å². The summed E-state index contributed by atoms with van der Waals surface area (Å²) in [7, 11) is 2.05. The summed E-state index contributed by atoms with van der Waals surface area (Å²) in [6, 6.07) is 11.6. The van der Waals surface area contributed by atoms with Crippen molar-refractivity contribution in [3.8, 4) is 0 Å². The summed E-state index contributed by atoms with van der Waals surface area (Å²) < 4.78 is 8.09. The van der Waals surface area contributed by atoms with E-state index in [9.17, 15) is 4.79 Å². The minimum absolute atomic E-state index is 0.0481. The molecule has 3 heterocycles. The molecule has 1 aliphatic rings. The number of amides is 1. The number of carbonyl (C=O) groups is 1. The van der Waals surface area contributed by atoms with Gasteiger partial charge in [0.15, 0.2) is 10.4 Å². The molecule has 0 radical (unpaired) electrons. The second-order valence-electron chi connectivity index (χ2n) is 6.25. The maximum Gasteiger partial charge on any atom is 0.289 e. The third kappa shape index (κ3) is 3.21. The van der Waals surface area contributed by atoms with Gasteiger partial charge in [-0.15, -0.1) is 0 Å². The van der Waals surface area contributed by atoms with Crippen molar-refractivity contribution >= 4 is 32.9 Å². The van der Waals surface area contributed by atoms with Crippen LogP contribution in [0.5, 0.6) is 0 Å². The van der Waals surface area contributed by atoms with Crippen LogP contribution < -0.4 is 0 Å². The first-order chi connectivity index (χ1) is 12.1. The lowest BCUT2D eigenvalue weighted by Gasteiger charge is -2.34. The van der Waals surface area contributed by atoms with Crippen LogP contribution in [0.25, 0.3) is 11.0 Å². The molecule has 0 spiro atoms. The van der Waals surface area contributed by atoms with E-state index in [0.717, 1.165) is 36.5 Å². The van der Waals surface area contributed by atoms with Gasteiger partial charge in [-0.05, 0) is 40.2 Å². The van der Waals surface area contributed by atoms with E-state index in [1.807, 2.05) is 23.1 Å².